The highest BCUT2D eigenvalue weighted by molar-refractivity contribution is 7.98. The molecule has 0 saturated carbocycles. The van der Waals surface area contributed by atoms with Crippen molar-refractivity contribution < 1.29 is 19.7 Å². The summed E-state index contributed by atoms with van der Waals surface area (Å²) in [4.78, 5) is 20.3. The van der Waals surface area contributed by atoms with Crippen molar-refractivity contribution in [2.45, 2.75) is 23.3 Å². The molecular formula is C23H21Cl2N3O4S. The van der Waals surface area contributed by atoms with Gasteiger partial charge in [-0.05, 0) is 28.5 Å². The molecule has 1 heterocycles. The van der Waals surface area contributed by atoms with E-state index in [1.807, 2.05) is 36.4 Å². The molecule has 0 bridgehead atoms. The predicted octanol–water partition coefficient (Wildman–Crippen LogP) is 4.44. The molecule has 0 fully saturated rings. The second-order valence-corrected chi connectivity index (χ2v) is 8.91. The van der Waals surface area contributed by atoms with Gasteiger partial charge in [0.1, 0.15) is 29.1 Å². The number of nitrogens with one attached hydrogen (secondary N) is 1. The monoisotopic (exact) mass is 505 g/mol. The zero-order chi connectivity index (χ0) is 23.5. The lowest BCUT2D eigenvalue weighted by atomic mass is 9.98. The van der Waals surface area contributed by atoms with Crippen LogP contribution < -0.4 is 5.32 Å². The number of thioether (sulfide) groups is 1. The maximum absolute atomic E-state index is 12.3. The molecule has 0 radical (unpaired) electrons. The average molecular weight is 506 g/mol. The lowest BCUT2D eigenvalue weighted by molar-refractivity contribution is 0.0182. The first-order valence-corrected chi connectivity index (χ1v) is 12.1. The molecule has 3 aromatic rings. The summed E-state index contributed by atoms with van der Waals surface area (Å²) in [6, 6.07) is 16.0. The van der Waals surface area contributed by atoms with Gasteiger partial charge in [0.25, 0.3) is 0 Å². The first kappa shape index (κ1) is 23.8. The number of ether oxygens (including phenoxy) is 1. The SMILES string of the molecule is CSc1nc(Cl)c(C(O)C(O)CNC(=O)OCC2c3ccccc3-c3ccccc32)c(Cl)n1. The normalized spacial score (nSPS) is 14.3. The summed E-state index contributed by atoms with van der Waals surface area (Å²) in [5.41, 5.74) is 4.45. The van der Waals surface area contributed by atoms with Gasteiger partial charge in [-0.2, -0.15) is 0 Å². The third-order valence-electron chi connectivity index (χ3n) is 5.47. The number of amides is 1. The van der Waals surface area contributed by atoms with Crippen LogP contribution in [0.25, 0.3) is 11.1 Å². The van der Waals surface area contributed by atoms with Crippen LogP contribution in [0.2, 0.25) is 10.3 Å². The quantitative estimate of drug-likeness (QED) is 0.247. The lowest BCUT2D eigenvalue weighted by Gasteiger charge is -2.20. The van der Waals surface area contributed by atoms with Gasteiger partial charge in [-0.25, -0.2) is 14.8 Å². The molecule has 1 aromatic heterocycles. The van der Waals surface area contributed by atoms with Crippen molar-refractivity contribution in [2.24, 2.45) is 0 Å². The number of aliphatic hydroxyl groups is 2. The Kier molecular flexibility index (Phi) is 7.41. The van der Waals surface area contributed by atoms with Crippen molar-refractivity contribution in [3.63, 3.8) is 0 Å². The minimum absolute atomic E-state index is 0.00188. The number of nitrogens with zero attached hydrogens (tertiary/aromatic N) is 2. The van der Waals surface area contributed by atoms with E-state index >= 15 is 0 Å². The van der Waals surface area contributed by atoms with Gasteiger partial charge in [-0.3, -0.25) is 0 Å². The molecule has 172 valence electrons. The average Bonchev–Trinajstić information content (AvgIpc) is 3.14. The largest absolute Gasteiger partial charge is 0.449 e. The van der Waals surface area contributed by atoms with E-state index in [9.17, 15) is 15.0 Å². The van der Waals surface area contributed by atoms with Crippen LogP contribution in [0.15, 0.2) is 53.7 Å². The van der Waals surface area contributed by atoms with Crippen molar-refractivity contribution in [2.75, 3.05) is 19.4 Å². The molecule has 2 atom stereocenters. The third-order valence-corrected chi connectivity index (χ3v) is 6.60. The summed E-state index contributed by atoms with van der Waals surface area (Å²) in [6.45, 7) is -0.144. The van der Waals surface area contributed by atoms with Crippen LogP contribution in [0.4, 0.5) is 4.79 Å². The first-order valence-electron chi connectivity index (χ1n) is 10.1. The minimum Gasteiger partial charge on any atom is -0.449 e. The lowest BCUT2D eigenvalue weighted by Crippen LogP contribution is -2.36. The van der Waals surface area contributed by atoms with Crippen LogP contribution in [0.1, 0.15) is 28.7 Å². The van der Waals surface area contributed by atoms with E-state index in [-0.39, 0.29) is 34.9 Å². The Morgan fingerprint density at radius 3 is 2.15 bits per heavy atom. The molecule has 33 heavy (non-hydrogen) atoms. The number of hydrogen-bond acceptors (Lipinski definition) is 7. The van der Waals surface area contributed by atoms with Gasteiger partial charge in [0, 0.05) is 12.5 Å². The van der Waals surface area contributed by atoms with Gasteiger partial charge in [-0.15, -0.1) is 0 Å². The van der Waals surface area contributed by atoms with Crippen LogP contribution >= 0.6 is 35.0 Å². The molecule has 1 amide bonds. The van der Waals surface area contributed by atoms with Crippen molar-refractivity contribution >= 4 is 41.1 Å². The fourth-order valence-corrected chi connectivity index (χ4v) is 4.95. The Balaban J connectivity index is 1.36. The van der Waals surface area contributed by atoms with Gasteiger partial charge in [0.05, 0.1) is 5.56 Å². The van der Waals surface area contributed by atoms with Crippen molar-refractivity contribution in [3.8, 4) is 11.1 Å². The molecule has 0 aliphatic heterocycles. The van der Waals surface area contributed by atoms with Crippen molar-refractivity contribution in [3.05, 3.63) is 75.5 Å². The molecule has 0 saturated heterocycles. The summed E-state index contributed by atoms with van der Waals surface area (Å²) in [6.07, 6.45) is -1.85. The second kappa shape index (κ2) is 10.3. The Morgan fingerprint density at radius 2 is 1.61 bits per heavy atom. The number of aromatic nitrogens is 2. The van der Waals surface area contributed by atoms with Gasteiger partial charge < -0.3 is 20.3 Å². The van der Waals surface area contributed by atoms with E-state index in [4.69, 9.17) is 27.9 Å². The predicted molar refractivity (Wildman–Crippen MR) is 128 cm³/mol. The smallest absolute Gasteiger partial charge is 0.407 e. The van der Waals surface area contributed by atoms with E-state index in [0.717, 1.165) is 22.3 Å². The molecule has 4 rings (SSSR count). The van der Waals surface area contributed by atoms with Crippen LogP contribution in [0.5, 0.6) is 0 Å². The van der Waals surface area contributed by atoms with Crippen LogP contribution in [0.3, 0.4) is 0 Å². The Hall–Kier alpha value is -2.36. The summed E-state index contributed by atoms with van der Waals surface area (Å²) < 4.78 is 5.43. The summed E-state index contributed by atoms with van der Waals surface area (Å²) in [5.74, 6) is -0.0802. The number of benzene rings is 2. The van der Waals surface area contributed by atoms with Gasteiger partial charge in [0.2, 0.25) is 0 Å². The minimum atomic E-state index is -1.49. The standard InChI is InChI=1S/C23H21Cl2N3O4S/c1-33-22-27-20(24)18(21(25)28-22)19(30)17(29)10-26-23(31)32-11-16-14-8-4-2-6-12(14)13-7-3-5-9-15(13)16/h2-9,16-17,19,29-30H,10-11H2,1H3,(H,26,31). The van der Waals surface area contributed by atoms with E-state index in [1.165, 1.54) is 11.8 Å². The van der Waals surface area contributed by atoms with E-state index in [0.29, 0.717) is 5.16 Å². The maximum Gasteiger partial charge on any atom is 0.407 e. The van der Waals surface area contributed by atoms with E-state index in [2.05, 4.69) is 27.4 Å². The summed E-state index contributed by atoms with van der Waals surface area (Å²) in [7, 11) is 0. The number of rotatable bonds is 7. The van der Waals surface area contributed by atoms with Crippen LogP contribution in [-0.2, 0) is 4.74 Å². The molecule has 2 unspecified atom stereocenters. The highest BCUT2D eigenvalue weighted by Gasteiger charge is 2.30. The number of alkyl carbamates (subject to hydrolysis) is 1. The summed E-state index contributed by atoms with van der Waals surface area (Å²) in [5, 5.41) is 23.5. The van der Waals surface area contributed by atoms with Crippen LogP contribution in [-0.4, -0.2) is 51.8 Å². The van der Waals surface area contributed by atoms with Crippen LogP contribution in [0, 0.1) is 0 Å². The second-order valence-electron chi connectivity index (χ2n) is 7.42. The number of halogens is 2. The molecule has 10 heteroatoms. The highest BCUT2D eigenvalue weighted by atomic mass is 35.5. The third kappa shape index (κ3) is 4.95. The molecule has 0 spiro atoms. The topological polar surface area (TPSA) is 105 Å². The van der Waals surface area contributed by atoms with Gasteiger partial charge in [0.15, 0.2) is 5.16 Å². The Bertz CT molecular complexity index is 1110. The number of carbonyl (C=O) groups is 1. The Morgan fingerprint density at radius 1 is 1.06 bits per heavy atom. The molecule has 7 nitrogen and oxygen atoms in total. The fraction of sp³-hybridized carbons (Fsp3) is 0.261. The zero-order valence-electron chi connectivity index (χ0n) is 17.5. The molecule has 1 aliphatic rings. The summed E-state index contributed by atoms with van der Waals surface area (Å²) >= 11 is 13.4. The molecule has 2 aromatic carbocycles. The van der Waals surface area contributed by atoms with Gasteiger partial charge >= 0.3 is 6.09 Å². The number of hydrogen-bond donors (Lipinski definition) is 3. The van der Waals surface area contributed by atoms with Gasteiger partial charge in [-0.1, -0.05) is 83.5 Å². The number of carbonyl (C=O) groups excluding carboxylic acids is 1. The first-order chi connectivity index (χ1) is 15.9. The Labute approximate surface area is 205 Å². The fourth-order valence-electron chi connectivity index (χ4n) is 3.88. The van der Waals surface area contributed by atoms with Crippen molar-refractivity contribution in [1.29, 1.82) is 0 Å². The zero-order valence-corrected chi connectivity index (χ0v) is 19.9. The molecule has 3 N–H and O–H groups in total. The van der Waals surface area contributed by atoms with E-state index in [1.54, 1.807) is 6.26 Å². The maximum atomic E-state index is 12.3. The number of fused-ring (bicyclic) bond motifs is 3. The number of aliphatic hydroxyl groups excluding tert-OH is 2. The highest BCUT2D eigenvalue weighted by Crippen LogP contribution is 2.44. The molecule has 1 aliphatic carbocycles. The van der Waals surface area contributed by atoms with E-state index < -0.39 is 18.3 Å². The van der Waals surface area contributed by atoms with Crippen molar-refractivity contribution in [1.82, 2.24) is 15.3 Å². The molecular weight excluding hydrogens is 485 g/mol.